The third-order valence-corrected chi connectivity index (χ3v) is 0.401. The van der Waals surface area contributed by atoms with Crippen LogP contribution in [0.25, 0.3) is 0 Å². The first-order chi connectivity index (χ1) is 1.91. The molecule has 0 saturated heterocycles. The standard InChI is InChI=1S/C3H6Cl/c1-2-3-4/h1-3H2/q+1. The fourth-order valence-electron chi connectivity index (χ4n) is 0. The molecule has 0 atom stereocenters. The minimum Gasteiger partial charge on any atom is -0.122 e. The van der Waals surface area contributed by atoms with Crippen molar-refractivity contribution in [3.8, 4) is 0 Å². The highest BCUT2D eigenvalue weighted by Gasteiger charge is 1.67. The fraction of sp³-hybridized carbons (Fsp3) is 0.667. The lowest BCUT2D eigenvalue weighted by atomic mass is 10.6. The van der Waals surface area contributed by atoms with Crippen LogP contribution in [0, 0.1) is 6.92 Å². The SMILES string of the molecule is [CH2+]CCCl. The zero-order valence-electron chi connectivity index (χ0n) is 2.50. The molecule has 0 nitrogen and oxygen atoms in total. The molecule has 24 valence electrons. The average molecular weight is 77.5 g/mol. The van der Waals surface area contributed by atoms with Crippen molar-refractivity contribution in [1.82, 2.24) is 0 Å². The number of halogens is 1. The average Bonchev–Trinajstić information content (AvgIpc) is 1.37. The van der Waals surface area contributed by atoms with Crippen LogP contribution < -0.4 is 0 Å². The molecule has 0 saturated carbocycles. The zero-order valence-corrected chi connectivity index (χ0v) is 3.26. The van der Waals surface area contributed by atoms with Crippen LogP contribution in [0.4, 0.5) is 0 Å². The van der Waals surface area contributed by atoms with Gasteiger partial charge in [0, 0.05) is 0 Å². The molecule has 0 aliphatic rings. The summed E-state index contributed by atoms with van der Waals surface area (Å²) in [6.07, 6.45) is 0.835. The van der Waals surface area contributed by atoms with Gasteiger partial charge in [0.15, 0.2) is 0 Å². The van der Waals surface area contributed by atoms with Crippen molar-refractivity contribution in [2.45, 2.75) is 6.42 Å². The summed E-state index contributed by atoms with van der Waals surface area (Å²) in [6, 6.07) is 0. The summed E-state index contributed by atoms with van der Waals surface area (Å²) < 4.78 is 0. The first-order valence-corrected chi connectivity index (χ1v) is 1.80. The van der Waals surface area contributed by atoms with E-state index in [4.69, 9.17) is 11.6 Å². The molecule has 0 aromatic heterocycles. The Kier molecular flexibility index (Phi) is 3.29. The van der Waals surface area contributed by atoms with E-state index in [9.17, 15) is 0 Å². The van der Waals surface area contributed by atoms with Gasteiger partial charge in [-0.25, -0.2) is 0 Å². The lowest BCUT2D eigenvalue weighted by Crippen LogP contribution is -1.56. The van der Waals surface area contributed by atoms with Gasteiger partial charge < -0.3 is 0 Å². The first kappa shape index (κ1) is 4.16. The van der Waals surface area contributed by atoms with Gasteiger partial charge in [-0.05, 0) is 0 Å². The molecule has 0 aromatic carbocycles. The maximum absolute atomic E-state index is 5.12. The van der Waals surface area contributed by atoms with Crippen LogP contribution in [0.3, 0.4) is 0 Å². The molecular formula is C3H6Cl+. The largest absolute Gasteiger partial charge is 0.122 e. The second kappa shape index (κ2) is 3.16. The second-order valence-corrected chi connectivity index (χ2v) is 0.921. The zero-order chi connectivity index (χ0) is 3.41. The van der Waals surface area contributed by atoms with Crippen molar-refractivity contribution < 1.29 is 0 Å². The van der Waals surface area contributed by atoms with Crippen molar-refractivity contribution in [2.24, 2.45) is 0 Å². The molecule has 0 aliphatic heterocycles. The summed E-state index contributed by atoms with van der Waals surface area (Å²) in [5.74, 6) is 0.681. The molecule has 0 N–H and O–H groups in total. The number of alkyl halides is 1. The molecule has 0 radical (unpaired) electrons. The van der Waals surface area contributed by atoms with Crippen molar-refractivity contribution in [3.63, 3.8) is 0 Å². The van der Waals surface area contributed by atoms with E-state index in [2.05, 4.69) is 6.92 Å². The van der Waals surface area contributed by atoms with E-state index in [-0.39, 0.29) is 0 Å². The van der Waals surface area contributed by atoms with Crippen LogP contribution in [-0.2, 0) is 0 Å². The maximum atomic E-state index is 5.12. The molecule has 0 aromatic rings. The van der Waals surface area contributed by atoms with E-state index in [0.717, 1.165) is 6.42 Å². The molecule has 0 amide bonds. The Bertz CT molecular complexity index is 5.25. The van der Waals surface area contributed by atoms with Gasteiger partial charge in [0.1, 0.15) is 0 Å². The van der Waals surface area contributed by atoms with Gasteiger partial charge >= 0.3 is 0 Å². The predicted octanol–water partition coefficient (Wildman–Crippen LogP) is 1.45. The van der Waals surface area contributed by atoms with Crippen molar-refractivity contribution in [3.05, 3.63) is 6.92 Å². The van der Waals surface area contributed by atoms with Gasteiger partial charge in [-0.2, -0.15) is 0 Å². The van der Waals surface area contributed by atoms with Crippen LogP contribution in [0.2, 0.25) is 0 Å². The van der Waals surface area contributed by atoms with Crippen LogP contribution >= 0.6 is 11.6 Å². The Labute approximate surface area is 31.8 Å². The molecule has 1 heteroatoms. The van der Waals surface area contributed by atoms with Crippen molar-refractivity contribution in [2.75, 3.05) is 5.88 Å². The lowest BCUT2D eigenvalue weighted by Gasteiger charge is -1.57. The van der Waals surface area contributed by atoms with E-state index in [1.165, 1.54) is 0 Å². The summed E-state index contributed by atoms with van der Waals surface area (Å²) in [5.41, 5.74) is 0. The van der Waals surface area contributed by atoms with Crippen molar-refractivity contribution in [1.29, 1.82) is 0 Å². The quantitative estimate of drug-likeness (QED) is 0.328. The van der Waals surface area contributed by atoms with Gasteiger partial charge in [-0.1, -0.05) is 0 Å². The van der Waals surface area contributed by atoms with E-state index in [0.29, 0.717) is 5.88 Å². The fourth-order valence-corrected chi connectivity index (χ4v) is 0. The molecule has 0 fully saturated rings. The van der Waals surface area contributed by atoms with Gasteiger partial charge in [0.05, 0.1) is 19.2 Å². The molecule has 0 aliphatic carbocycles. The Morgan fingerprint density at radius 3 is 2.00 bits per heavy atom. The van der Waals surface area contributed by atoms with Crippen molar-refractivity contribution >= 4 is 11.6 Å². The maximum Gasteiger partial charge on any atom is 0.0985 e. The predicted molar refractivity (Wildman–Crippen MR) is 20.7 cm³/mol. The minimum atomic E-state index is 0.681. The minimum absolute atomic E-state index is 0.681. The molecule has 0 unspecified atom stereocenters. The summed E-state index contributed by atoms with van der Waals surface area (Å²) in [4.78, 5) is 0. The second-order valence-electron chi connectivity index (χ2n) is 0.543. The molecule has 0 bridgehead atoms. The van der Waals surface area contributed by atoms with E-state index < -0.39 is 0 Å². The Morgan fingerprint density at radius 1 is 1.75 bits per heavy atom. The summed E-state index contributed by atoms with van der Waals surface area (Å²) in [7, 11) is 0. The Hall–Kier alpha value is 0.160. The van der Waals surface area contributed by atoms with Gasteiger partial charge in [0.2, 0.25) is 0 Å². The summed E-state index contributed by atoms with van der Waals surface area (Å²) >= 11 is 5.12. The van der Waals surface area contributed by atoms with Gasteiger partial charge in [-0.3, -0.25) is 0 Å². The Morgan fingerprint density at radius 2 is 2.00 bits per heavy atom. The molecule has 0 rings (SSSR count). The molecule has 0 heterocycles. The molecule has 0 spiro atoms. The highest BCUT2D eigenvalue weighted by atomic mass is 35.5. The van der Waals surface area contributed by atoms with Gasteiger partial charge in [-0.15, -0.1) is 11.6 Å². The normalized spacial score (nSPS) is 7.25. The van der Waals surface area contributed by atoms with E-state index >= 15 is 0 Å². The number of hydrogen-bond acceptors (Lipinski definition) is 0. The summed E-state index contributed by atoms with van der Waals surface area (Å²) in [5, 5.41) is 0. The smallest absolute Gasteiger partial charge is 0.0985 e. The number of hydrogen-bond donors (Lipinski definition) is 0. The molecular weight excluding hydrogens is 71.5 g/mol. The third kappa shape index (κ3) is 2.16. The van der Waals surface area contributed by atoms with Gasteiger partial charge in [0.25, 0.3) is 0 Å². The van der Waals surface area contributed by atoms with Crippen LogP contribution in [-0.4, -0.2) is 5.88 Å². The van der Waals surface area contributed by atoms with E-state index in [1.807, 2.05) is 0 Å². The highest BCUT2D eigenvalue weighted by Crippen LogP contribution is 1.75. The lowest BCUT2D eigenvalue weighted by molar-refractivity contribution is 1.24. The summed E-state index contributed by atoms with van der Waals surface area (Å²) in [6.45, 7) is 3.47. The monoisotopic (exact) mass is 77.0 g/mol. The highest BCUT2D eigenvalue weighted by molar-refractivity contribution is 6.17. The van der Waals surface area contributed by atoms with Crippen LogP contribution in [0.1, 0.15) is 6.42 Å². The number of rotatable bonds is 1. The van der Waals surface area contributed by atoms with Crippen LogP contribution in [0.5, 0.6) is 0 Å². The Balaban J connectivity index is 1.97. The first-order valence-electron chi connectivity index (χ1n) is 1.27. The van der Waals surface area contributed by atoms with Crippen LogP contribution in [0.15, 0.2) is 0 Å². The topological polar surface area (TPSA) is 0 Å². The molecule has 4 heavy (non-hydrogen) atoms. The third-order valence-electron chi connectivity index (χ3n) is 0.134. The van der Waals surface area contributed by atoms with E-state index in [1.54, 1.807) is 0 Å².